The quantitative estimate of drug-likeness (QED) is 0.0564. The van der Waals surface area contributed by atoms with Crippen LogP contribution in [0.1, 0.15) is 102 Å². The Balaban J connectivity index is 0.000000704. The van der Waals surface area contributed by atoms with Crippen LogP contribution in [0.3, 0.4) is 0 Å². The summed E-state index contributed by atoms with van der Waals surface area (Å²) in [5.74, 6) is 2.21. The predicted molar refractivity (Wildman–Crippen MR) is 323 cm³/mol. The molecule has 0 bridgehead atoms. The summed E-state index contributed by atoms with van der Waals surface area (Å²) in [5.41, 5.74) is 6.32. The zero-order valence-electron chi connectivity index (χ0n) is 46.5. The van der Waals surface area contributed by atoms with Crippen LogP contribution in [0.2, 0.25) is 0 Å². The van der Waals surface area contributed by atoms with Gasteiger partial charge in [-0.1, -0.05) is 78.4 Å². The molecule has 86 heavy (non-hydrogen) atoms. The molecule has 0 aliphatic rings. The molecule has 18 nitrogen and oxygen atoms in total. The molecule has 0 fully saturated rings. The summed E-state index contributed by atoms with van der Waals surface area (Å²) in [4.78, 5) is 77.7. The molecule has 0 radical (unpaired) electrons. The molecule has 0 saturated carbocycles. The average Bonchev–Trinajstić information content (AvgIpc) is 2.89. The van der Waals surface area contributed by atoms with E-state index in [0.29, 0.717) is 114 Å². The zero-order chi connectivity index (χ0) is 62.9. The number of ketones is 6. The summed E-state index contributed by atoms with van der Waals surface area (Å²) >= 11 is 0. The van der Waals surface area contributed by atoms with Crippen molar-refractivity contribution in [1.82, 2.24) is 0 Å². The first kappa shape index (κ1) is 65.3. The van der Waals surface area contributed by atoms with Crippen molar-refractivity contribution in [3.63, 3.8) is 0 Å². The minimum atomic E-state index is -3.67. The average molecular weight is 1220 g/mol. The number of hydrogen-bond acceptors (Lipinski definition) is 15. The second-order valence-corrected chi connectivity index (χ2v) is 23.3. The van der Waals surface area contributed by atoms with E-state index in [1.54, 1.807) is 194 Å². The molecule has 0 saturated heterocycles. The van der Waals surface area contributed by atoms with Crippen LogP contribution in [-0.2, 0) is 30.4 Å². The van der Waals surface area contributed by atoms with E-state index < -0.39 is 30.4 Å². The van der Waals surface area contributed by atoms with Gasteiger partial charge in [-0.15, -0.1) is 0 Å². The van der Waals surface area contributed by atoms with E-state index >= 15 is 0 Å². The minimum Gasteiger partial charge on any atom is -0.457 e. The van der Waals surface area contributed by atoms with Crippen molar-refractivity contribution in [2.75, 3.05) is 18.8 Å². The number of Topliss-reactive ketones (excluding diaryl/α,β-unsaturated/α-hetero) is 1. The topological polar surface area (TPSA) is 293 Å². The molecule has 9 aromatic carbocycles. The fraction of sp³-hybridized carbons (Fsp3) is 0.0769. The van der Waals surface area contributed by atoms with Crippen molar-refractivity contribution in [3.8, 4) is 34.5 Å². The molecule has 0 spiro atoms. The van der Waals surface area contributed by atoms with Gasteiger partial charge in [0.1, 0.15) is 34.5 Å². The molecule has 0 aliphatic heterocycles. The van der Waals surface area contributed by atoms with Crippen LogP contribution in [0.5, 0.6) is 34.5 Å². The summed E-state index contributed by atoms with van der Waals surface area (Å²) in [6.45, 7) is 3.47. The van der Waals surface area contributed by atoms with Crippen molar-refractivity contribution >= 4 is 65.1 Å². The Morgan fingerprint density at radius 1 is 0.256 bits per heavy atom. The summed E-state index contributed by atoms with van der Waals surface area (Å²) in [7, 11) is -11.0. The van der Waals surface area contributed by atoms with Crippen LogP contribution in [-0.4, -0.2) is 92.4 Å². The minimum absolute atomic E-state index is 0.0302. The van der Waals surface area contributed by atoms with E-state index in [2.05, 4.69) is 0 Å². The molecule has 440 valence electrons. The molecule has 0 aliphatic carbocycles. The van der Waals surface area contributed by atoms with Gasteiger partial charge in [-0.3, -0.25) is 42.4 Å². The highest BCUT2D eigenvalue weighted by Gasteiger charge is 2.17. The second kappa shape index (κ2) is 29.1. The van der Waals surface area contributed by atoms with Gasteiger partial charge in [-0.2, -0.15) is 25.3 Å². The molecule has 0 unspecified atom stereocenters. The zero-order valence-corrected chi connectivity index (χ0v) is 48.9. The lowest BCUT2D eigenvalue weighted by molar-refractivity contribution is 0.101. The van der Waals surface area contributed by atoms with Gasteiger partial charge in [-0.05, 0) is 159 Å². The Bertz CT molecular complexity index is 4130. The first-order valence-corrected chi connectivity index (χ1v) is 30.9. The summed E-state index contributed by atoms with van der Waals surface area (Å²) < 4.78 is 95.4. The van der Waals surface area contributed by atoms with Gasteiger partial charge in [-0.25, -0.2) is 0 Å². The van der Waals surface area contributed by atoms with Crippen LogP contribution in [0, 0.1) is 6.92 Å². The molecule has 3 N–H and O–H groups in total. The lowest BCUT2D eigenvalue weighted by Crippen LogP contribution is -2.04. The van der Waals surface area contributed by atoms with Gasteiger partial charge in [0.25, 0.3) is 30.4 Å². The van der Waals surface area contributed by atoms with Crippen molar-refractivity contribution in [1.29, 1.82) is 0 Å². The van der Waals surface area contributed by atoms with Crippen molar-refractivity contribution in [3.05, 3.63) is 285 Å². The van der Waals surface area contributed by atoms with E-state index in [4.69, 9.17) is 27.9 Å². The molecule has 0 heterocycles. The van der Waals surface area contributed by atoms with Crippen LogP contribution >= 0.6 is 0 Å². The van der Waals surface area contributed by atoms with Gasteiger partial charge < -0.3 is 14.2 Å². The maximum absolute atomic E-state index is 13.4. The lowest BCUT2D eigenvalue weighted by atomic mass is 9.98. The summed E-state index contributed by atoms with van der Waals surface area (Å²) in [6, 6.07) is 61.0. The highest BCUT2D eigenvalue weighted by molar-refractivity contribution is 7.85. The lowest BCUT2D eigenvalue weighted by Gasteiger charge is -2.09. The van der Waals surface area contributed by atoms with E-state index in [0.717, 1.165) is 5.56 Å². The van der Waals surface area contributed by atoms with Gasteiger partial charge in [0, 0.05) is 61.2 Å². The maximum Gasteiger partial charge on any atom is 0.261 e. The van der Waals surface area contributed by atoms with Gasteiger partial charge in [0.2, 0.25) is 0 Å². The van der Waals surface area contributed by atoms with E-state index in [-0.39, 0.29) is 34.7 Å². The number of rotatable bonds is 17. The number of hydrogen-bond donors (Lipinski definition) is 3. The number of benzene rings is 9. The van der Waals surface area contributed by atoms with Crippen molar-refractivity contribution < 1.29 is 81.9 Å². The molecule has 0 amide bonds. The monoisotopic (exact) mass is 1220 g/mol. The fourth-order valence-electron chi connectivity index (χ4n) is 7.62. The smallest absolute Gasteiger partial charge is 0.261 e. The van der Waals surface area contributed by atoms with Crippen molar-refractivity contribution in [2.24, 2.45) is 0 Å². The van der Waals surface area contributed by atoms with Crippen LogP contribution in [0.15, 0.2) is 218 Å². The third-order valence-corrected chi connectivity index (χ3v) is 11.7. The molecule has 9 rings (SSSR count). The summed E-state index contributed by atoms with van der Waals surface area (Å²) in [6.07, 6.45) is 2.15. The standard InChI is InChI=1S/C62H42O9.3CH4O3S/c1-39-3-5-42(6-4-39)58(64)47-17-29-54(30-18-47)70-55-33-21-49(22-34-55)60(66)45-11-13-46(14-12-45)62(68)51-25-37-57(38-26-51)71-56-35-23-50(24-36-56)61(67)44-9-7-43(8-10-44)59(65)48-19-31-53(32-20-48)69-52-27-15-41(16-28-52)40(2)63;3*1-5(2,3)4/h3-38H,1-2H3;3*1H3,(H,2,3,4). The highest BCUT2D eigenvalue weighted by atomic mass is 32.2. The van der Waals surface area contributed by atoms with E-state index in [1.807, 2.05) is 31.2 Å². The molecule has 0 aromatic heterocycles. The third-order valence-electron chi connectivity index (χ3n) is 11.7. The second-order valence-electron chi connectivity index (χ2n) is 18.9. The number of carbonyl (C=O) groups excluding carboxylic acids is 6. The Hall–Kier alpha value is -9.87. The van der Waals surface area contributed by atoms with E-state index in [9.17, 15) is 54.0 Å². The van der Waals surface area contributed by atoms with Crippen molar-refractivity contribution in [2.45, 2.75) is 13.8 Å². The molecular formula is C65H54O18S3. The first-order valence-electron chi connectivity index (χ1n) is 25.4. The predicted octanol–water partition coefficient (Wildman–Crippen LogP) is 12.2. The maximum atomic E-state index is 13.4. The van der Waals surface area contributed by atoms with Gasteiger partial charge in [0.15, 0.2) is 34.7 Å². The highest BCUT2D eigenvalue weighted by Crippen LogP contribution is 2.28. The molecule has 9 aromatic rings. The van der Waals surface area contributed by atoms with Crippen LogP contribution in [0.4, 0.5) is 0 Å². The Morgan fingerprint density at radius 3 is 0.512 bits per heavy atom. The molecule has 0 atom stereocenters. The number of carbonyl (C=O) groups is 6. The van der Waals surface area contributed by atoms with Crippen LogP contribution in [0.25, 0.3) is 0 Å². The largest absolute Gasteiger partial charge is 0.457 e. The molecule has 21 heteroatoms. The summed E-state index contributed by atoms with van der Waals surface area (Å²) in [5, 5.41) is 0. The number of ether oxygens (including phenoxy) is 3. The third kappa shape index (κ3) is 21.4. The fourth-order valence-corrected chi connectivity index (χ4v) is 7.62. The van der Waals surface area contributed by atoms with E-state index in [1.165, 1.54) is 6.92 Å². The SMILES string of the molecule is CC(=O)c1ccc(Oc2ccc(C(=O)c3ccc(C(=O)c4ccc(Oc5ccc(C(=O)c6ccc(C(=O)c7ccc(Oc8ccc(C(=O)c9ccc(C)cc9)cc8)cc7)cc6)cc5)cc4)cc3)cc2)cc1.CS(=O)(=O)O.CS(=O)(=O)O.CS(=O)(=O)O. The van der Waals surface area contributed by atoms with Gasteiger partial charge in [0.05, 0.1) is 18.8 Å². The number of aryl methyl sites for hydroxylation is 1. The Labute approximate surface area is 496 Å². The van der Waals surface area contributed by atoms with Gasteiger partial charge >= 0.3 is 0 Å². The normalized spacial score (nSPS) is 10.9. The Kier molecular flexibility index (Phi) is 22.1. The Morgan fingerprint density at radius 2 is 0.372 bits per heavy atom. The van der Waals surface area contributed by atoms with Crippen LogP contribution < -0.4 is 14.2 Å². The first-order chi connectivity index (χ1) is 40.4. The molecular weight excluding hydrogens is 1160 g/mol.